The molecule has 0 aliphatic carbocycles. The van der Waals surface area contributed by atoms with Gasteiger partial charge in [0.1, 0.15) is 0 Å². The molecule has 0 unspecified atom stereocenters. The van der Waals surface area contributed by atoms with Crippen molar-refractivity contribution in [1.82, 2.24) is 24.7 Å². The van der Waals surface area contributed by atoms with E-state index in [0.717, 1.165) is 17.8 Å². The molecule has 0 N–H and O–H groups in total. The molecule has 0 fully saturated rings. The van der Waals surface area contributed by atoms with Crippen LogP contribution in [0, 0.1) is 5.82 Å². The van der Waals surface area contributed by atoms with Crippen molar-refractivity contribution in [2.24, 2.45) is 0 Å². The molecule has 7 heteroatoms. The lowest BCUT2D eigenvalue weighted by Crippen LogP contribution is -2.01. The molecule has 0 aliphatic rings. The number of rotatable bonds is 1. The predicted molar refractivity (Wildman–Crippen MR) is 59.4 cm³/mol. The molecule has 0 aliphatic heterocycles. The molecule has 84 valence electrons. The molecule has 0 spiro atoms. The summed E-state index contributed by atoms with van der Waals surface area (Å²) in [7, 11) is 0. The molecule has 3 rings (SSSR count). The van der Waals surface area contributed by atoms with E-state index in [-0.39, 0.29) is 0 Å². The van der Waals surface area contributed by atoms with Crippen LogP contribution in [-0.2, 0) is 0 Å². The molecule has 0 amide bonds. The third kappa shape index (κ3) is 1.72. The molecule has 0 saturated carbocycles. The smallest absolute Gasteiger partial charge is 0.235 e. The minimum atomic E-state index is -0.487. The first-order chi connectivity index (χ1) is 8.24. The molecule has 5 nitrogen and oxygen atoms in total. The van der Waals surface area contributed by atoms with Crippen LogP contribution in [0.15, 0.2) is 30.7 Å². The van der Waals surface area contributed by atoms with Crippen molar-refractivity contribution in [3.8, 4) is 5.95 Å². The molecule has 0 aromatic carbocycles. The van der Waals surface area contributed by atoms with Gasteiger partial charge < -0.3 is 0 Å². The molecule has 0 radical (unpaired) electrons. The van der Waals surface area contributed by atoms with Crippen LogP contribution in [0.25, 0.3) is 17.0 Å². The van der Waals surface area contributed by atoms with Crippen LogP contribution < -0.4 is 0 Å². The van der Waals surface area contributed by atoms with E-state index in [9.17, 15) is 4.39 Å². The van der Waals surface area contributed by atoms with Gasteiger partial charge in [-0.25, -0.2) is 14.4 Å². The highest BCUT2D eigenvalue weighted by Crippen LogP contribution is 2.17. The lowest BCUT2D eigenvalue weighted by molar-refractivity contribution is 0.611. The van der Waals surface area contributed by atoms with Crippen molar-refractivity contribution in [2.45, 2.75) is 0 Å². The van der Waals surface area contributed by atoms with Crippen LogP contribution in [0.5, 0.6) is 0 Å². The molecule has 3 aromatic rings. The maximum atomic E-state index is 12.7. The van der Waals surface area contributed by atoms with Crippen LogP contribution in [0.3, 0.4) is 0 Å². The fraction of sp³-hybridized carbons (Fsp3) is 0. The van der Waals surface area contributed by atoms with Crippen LogP contribution in [0.1, 0.15) is 0 Å². The van der Waals surface area contributed by atoms with E-state index < -0.39 is 5.82 Å². The Labute approximate surface area is 99.9 Å². The van der Waals surface area contributed by atoms with Gasteiger partial charge in [-0.05, 0) is 12.1 Å². The summed E-state index contributed by atoms with van der Waals surface area (Å²) >= 11 is 5.73. The first-order valence-corrected chi connectivity index (χ1v) is 5.10. The van der Waals surface area contributed by atoms with Crippen molar-refractivity contribution in [3.63, 3.8) is 0 Å². The maximum absolute atomic E-state index is 12.7. The van der Waals surface area contributed by atoms with E-state index >= 15 is 0 Å². The maximum Gasteiger partial charge on any atom is 0.235 e. The van der Waals surface area contributed by atoms with Gasteiger partial charge in [0.2, 0.25) is 5.95 Å². The average Bonchev–Trinajstić information content (AvgIpc) is 2.73. The fourth-order valence-corrected chi connectivity index (χ4v) is 1.66. The zero-order valence-electron chi connectivity index (χ0n) is 8.38. The van der Waals surface area contributed by atoms with Crippen molar-refractivity contribution < 1.29 is 4.39 Å². The SMILES string of the molecule is Fc1cnc(-n2ccc3cc(Cl)nnc32)nc1. The Kier molecular flexibility index (Phi) is 2.22. The summed E-state index contributed by atoms with van der Waals surface area (Å²) in [4.78, 5) is 7.74. The molecule has 0 bridgehead atoms. The average molecular weight is 250 g/mol. The summed E-state index contributed by atoms with van der Waals surface area (Å²) in [5, 5.41) is 8.83. The fourth-order valence-electron chi connectivity index (χ4n) is 1.50. The zero-order valence-corrected chi connectivity index (χ0v) is 9.13. The minimum Gasteiger partial charge on any atom is -0.268 e. The molecule has 3 aromatic heterocycles. The number of halogens is 2. The number of hydrogen-bond donors (Lipinski definition) is 0. The topological polar surface area (TPSA) is 56.5 Å². The zero-order chi connectivity index (χ0) is 11.8. The third-order valence-corrected chi connectivity index (χ3v) is 2.41. The standard InChI is InChI=1S/C10H5ClFN5/c11-8-3-6-1-2-17(9(6)16-15-8)10-13-4-7(12)5-14-10/h1-5H. The Morgan fingerprint density at radius 2 is 1.94 bits per heavy atom. The van der Waals surface area contributed by atoms with Crippen LogP contribution >= 0.6 is 11.6 Å². The van der Waals surface area contributed by atoms with Gasteiger partial charge in [0.15, 0.2) is 16.6 Å². The van der Waals surface area contributed by atoms with Gasteiger partial charge in [0.25, 0.3) is 0 Å². The Morgan fingerprint density at radius 3 is 2.71 bits per heavy atom. The summed E-state index contributed by atoms with van der Waals surface area (Å²) in [6, 6.07) is 3.49. The monoisotopic (exact) mass is 249 g/mol. The Morgan fingerprint density at radius 1 is 1.18 bits per heavy atom. The Bertz CT molecular complexity index is 679. The Hall–Kier alpha value is -2.08. The van der Waals surface area contributed by atoms with Crippen LogP contribution in [0.2, 0.25) is 5.15 Å². The molecular formula is C10H5ClFN5. The molecule has 0 atom stereocenters. The number of nitrogens with zero attached hydrogens (tertiary/aromatic N) is 5. The summed E-state index contributed by atoms with van der Waals surface area (Å²) in [5.41, 5.74) is 0.570. The molecule has 0 saturated heterocycles. The summed E-state index contributed by atoms with van der Waals surface area (Å²) in [6.07, 6.45) is 3.91. The largest absolute Gasteiger partial charge is 0.268 e. The highest BCUT2D eigenvalue weighted by atomic mass is 35.5. The van der Waals surface area contributed by atoms with Gasteiger partial charge in [-0.2, -0.15) is 0 Å². The lowest BCUT2D eigenvalue weighted by atomic mass is 10.4. The van der Waals surface area contributed by atoms with Gasteiger partial charge >= 0.3 is 0 Å². The van der Waals surface area contributed by atoms with Gasteiger partial charge in [0.05, 0.1) is 12.4 Å². The second kappa shape index (κ2) is 3.74. The van der Waals surface area contributed by atoms with E-state index in [2.05, 4.69) is 20.2 Å². The second-order valence-corrected chi connectivity index (χ2v) is 3.72. The molecule has 3 heterocycles. The molecular weight excluding hydrogens is 245 g/mol. The van der Waals surface area contributed by atoms with E-state index in [1.165, 1.54) is 0 Å². The van der Waals surface area contributed by atoms with Crippen molar-refractivity contribution >= 4 is 22.6 Å². The van der Waals surface area contributed by atoms with Gasteiger partial charge in [-0.3, -0.25) is 4.57 Å². The highest BCUT2D eigenvalue weighted by molar-refractivity contribution is 6.29. The number of fused-ring (bicyclic) bond motifs is 1. The summed E-state index contributed by atoms with van der Waals surface area (Å²) in [5.74, 6) is -0.155. The highest BCUT2D eigenvalue weighted by Gasteiger charge is 2.08. The van der Waals surface area contributed by atoms with Crippen LogP contribution in [0.4, 0.5) is 4.39 Å². The normalized spacial score (nSPS) is 10.9. The van der Waals surface area contributed by atoms with Crippen molar-refractivity contribution in [3.05, 3.63) is 41.7 Å². The quantitative estimate of drug-likeness (QED) is 0.662. The van der Waals surface area contributed by atoms with Gasteiger partial charge in [0, 0.05) is 11.6 Å². The summed E-state index contributed by atoms with van der Waals surface area (Å²) < 4.78 is 14.3. The minimum absolute atomic E-state index is 0.315. The first-order valence-electron chi connectivity index (χ1n) is 4.72. The van der Waals surface area contributed by atoms with Gasteiger partial charge in [-0.1, -0.05) is 11.6 Å². The van der Waals surface area contributed by atoms with Gasteiger partial charge in [-0.15, -0.1) is 10.2 Å². The first kappa shape index (κ1) is 10.1. The van der Waals surface area contributed by atoms with E-state index in [1.807, 2.05) is 6.07 Å². The van der Waals surface area contributed by atoms with Crippen LogP contribution in [-0.4, -0.2) is 24.7 Å². The van der Waals surface area contributed by atoms with E-state index in [4.69, 9.17) is 11.6 Å². The number of aromatic nitrogens is 5. The van der Waals surface area contributed by atoms with Crippen molar-refractivity contribution in [2.75, 3.05) is 0 Å². The van der Waals surface area contributed by atoms with Crippen molar-refractivity contribution in [1.29, 1.82) is 0 Å². The Balaban J connectivity index is 2.21. The molecule has 17 heavy (non-hydrogen) atoms. The number of hydrogen-bond acceptors (Lipinski definition) is 4. The lowest BCUT2D eigenvalue weighted by Gasteiger charge is -2.01. The second-order valence-electron chi connectivity index (χ2n) is 3.33. The van der Waals surface area contributed by atoms with E-state index in [1.54, 1.807) is 16.8 Å². The predicted octanol–water partition coefficient (Wildman–Crippen LogP) is 2.00. The summed E-state index contributed by atoms with van der Waals surface area (Å²) in [6.45, 7) is 0. The van der Waals surface area contributed by atoms with E-state index in [0.29, 0.717) is 16.7 Å². The third-order valence-electron chi connectivity index (χ3n) is 2.23.